The SMILES string of the molecule is CC1OC2CCCNC2c2ccc(F)cc21.OCF. The van der Waals surface area contributed by atoms with Gasteiger partial charge in [0.25, 0.3) is 0 Å². The third-order valence-electron chi connectivity index (χ3n) is 3.60. The number of halogens is 2. The van der Waals surface area contributed by atoms with E-state index in [1.54, 1.807) is 12.1 Å². The highest BCUT2D eigenvalue weighted by Gasteiger charge is 2.35. The van der Waals surface area contributed by atoms with Crippen LogP contribution in [0.1, 0.15) is 43.0 Å². The number of aliphatic hydroxyl groups is 1. The highest BCUT2D eigenvalue weighted by Crippen LogP contribution is 2.39. The van der Waals surface area contributed by atoms with Crippen LogP contribution >= 0.6 is 0 Å². The van der Waals surface area contributed by atoms with Gasteiger partial charge in [0.1, 0.15) is 5.82 Å². The molecule has 3 unspecified atom stereocenters. The summed E-state index contributed by atoms with van der Waals surface area (Å²) in [5.41, 5.74) is 2.21. The third-order valence-corrected chi connectivity index (χ3v) is 3.60. The van der Waals surface area contributed by atoms with Gasteiger partial charge < -0.3 is 15.2 Å². The third kappa shape index (κ3) is 3.11. The van der Waals surface area contributed by atoms with Gasteiger partial charge in [-0.1, -0.05) is 6.07 Å². The van der Waals surface area contributed by atoms with Gasteiger partial charge >= 0.3 is 0 Å². The maximum Gasteiger partial charge on any atom is 0.185 e. The van der Waals surface area contributed by atoms with Crippen LogP contribution in [-0.2, 0) is 4.74 Å². The average Bonchev–Trinajstić information content (AvgIpc) is 2.40. The lowest BCUT2D eigenvalue weighted by molar-refractivity contribution is -0.0537. The van der Waals surface area contributed by atoms with Crippen molar-refractivity contribution in [2.24, 2.45) is 0 Å². The normalized spacial score (nSPS) is 28.7. The van der Waals surface area contributed by atoms with Crippen molar-refractivity contribution in [1.82, 2.24) is 5.32 Å². The van der Waals surface area contributed by atoms with Crippen LogP contribution in [0.25, 0.3) is 0 Å². The maximum atomic E-state index is 13.2. The van der Waals surface area contributed by atoms with Crippen LogP contribution in [0.4, 0.5) is 8.78 Å². The molecule has 5 heteroatoms. The molecule has 3 rings (SSSR count). The molecule has 2 N–H and O–H groups in total. The Morgan fingerprint density at radius 1 is 1.42 bits per heavy atom. The average molecular weight is 271 g/mol. The topological polar surface area (TPSA) is 41.5 Å². The van der Waals surface area contributed by atoms with Gasteiger partial charge in [-0.15, -0.1) is 0 Å². The van der Waals surface area contributed by atoms with Crippen molar-refractivity contribution >= 4 is 0 Å². The lowest BCUT2D eigenvalue weighted by Gasteiger charge is -2.40. The summed E-state index contributed by atoms with van der Waals surface area (Å²) < 4.78 is 29.0. The van der Waals surface area contributed by atoms with Crippen LogP contribution in [0, 0.1) is 5.82 Å². The number of aliphatic hydroxyl groups excluding tert-OH is 1. The minimum atomic E-state index is -1.25. The molecule has 0 saturated carbocycles. The molecule has 2 aliphatic heterocycles. The smallest absolute Gasteiger partial charge is 0.185 e. The molecule has 3 atom stereocenters. The van der Waals surface area contributed by atoms with E-state index < -0.39 is 6.86 Å². The highest BCUT2D eigenvalue weighted by molar-refractivity contribution is 5.35. The van der Waals surface area contributed by atoms with E-state index in [2.05, 4.69) is 5.32 Å². The first kappa shape index (κ1) is 14.4. The molecule has 1 aromatic carbocycles. The monoisotopic (exact) mass is 271 g/mol. The number of fused-ring (bicyclic) bond motifs is 3. The van der Waals surface area contributed by atoms with Crippen LogP contribution in [-0.4, -0.2) is 24.6 Å². The lowest BCUT2D eigenvalue weighted by atomic mass is 9.86. The number of hydrogen-bond donors (Lipinski definition) is 2. The van der Waals surface area contributed by atoms with Crippen molar-refractivity contribution in [3.8, 4) is 0 Å². The Labute approximate surface area is 111 Å². The fourth-order valence-corrected chi connectivity index (χ4v) is 2.83. The van der Waals surface area contributed by atoms with Crippen LogP contribution < -0.4 is 5.32 Å². The zero-order valence-electron chi connectivity index (χ0n) is 10.9. The Hall–Kier alpha value is -1.04. The summed E-state index contributed by atoms with van der Waals surface area (Å²) in [6, 6.07) is 5.30. The molecule has 19 heavy (non-hydrogen) atoms. The van der Waals surface area contributed by atoms with E-state index in [9.17, 15) is 8.78 Å². The number of rotatable bonds is 0. The van der Waals surface area contributed by atoms with Crippen molar-refractivity contribution in [2.45, 2.75) is 38.0 Å². The molecule has 0 aliphatic carbocycles. The first-order chi connectivity index (χ1) is 9.17. The van der Waals surface area contributed by atoms with Crippen molar-refractivity contribution < 1.29 is 18.6 Å². The van der Waals surface area contributed by atoms with E-state index in [4.69, 9.17) is 9.84 Å². The zero-order valence-corrected chi connectivity index (χ0v) is 10.9. The quantitative estimate of drug-likeness (QED) is 0.762. The summed E-state index contributed by atoms with van der Waals surface area (Å²) in [4.78, 5) is 0. The number of piperidine rings is 1. The molecule has 1 saturated heterocycles. The second-order valence-electron chi connectivity index (χ2n) is 4.78. The zero-order chi connectivity index (χ0) is 13.8. The predicted molar refractivity (Wildman–Crippen MR) is 67.9 cm³/mol. The van der Waals surface area contributed by atoms with E-state index in [1.807, 2.05) is 13.0 Å². The molecule has 106 valence electrons. The molecule has 0 amide bonds. The summed E-state index contributed by atoms with van der Waals surface area (Å²) in [6.07, 6.45) is 2.51. The second kappa shape index (κ2) is 6.41. The van der Waals surface area contributed by atoms with Gasteiger partial charge in [0.05, 0.1) is 18.2 Å². The molecule has 0 radical (unpaired) electrons. The highest BCUT2D eigenvalue weighted by atomic mass is 19.1. The fourth-order valence-electron chi connectivity index (χ4n) is 2.83. The number of hydrogen-bond acceptors (Lipinski definition) is 3. The van der Waals surface area contributed by atoms with E-state index in [1.165, 1.54) is 5.56 Å². The molecule has 0 aromatic heterocycles. The second-order valence-corrected chi connectivity index (χ2v) is 4.78. The van der Waals surface area contributed by atoms with Gasteiger partial charge in [-0.25, -0.2) is 8.78 Å². The Morgan fingerprint density at radius 2 is 2.16 bits per heavy atom. The van der Waals surface area contributed by atoms with Crippen LogP contribution in [0.2, 0.25) is 0 Å². The molecule has 2 aliphatic rings. The molecule has 1 aromatic rings. The number of ether oxygens (including phenoxy) is 1. The minimum Gasteiger partial charge on any atom is -0.369 e. The minimum absolute atomic E-state index is 0.00634. The molecule has 1 fully saturated rings. The molecule has 0 bridgehead atoms. The van der Waals surface area contributed by atoms with Crippen molar-refractivity contribution in [3.05, 3.63) is 35.1 Å². The van der Waals surface area contributed by atoms with E-state index >= 15 is 0 Å². The Balaban J connectivity index is 0.000000408. The lowest BCUT2D eigenvalue weighted by Crippen LogP contribution is -2.43. The summed E-state index contributed by atoms with van der Waals surface area (Å²) in [5, 5.41) is 10.4. The predicted octanol–water partition coefficient (Wildman–Crippen LogP) is 2.62. The standard InChI is InChI=1S/C13H16FNO.CH3FO/c1-8-11-7-9(14)4-5-10(11)13-12(16-8)3-2-6-15-13;2-1-3/h4-5,7-8,12-13,15H,2-3,6H2,1H3;3H,1H2. The van der Waals surface area contributed by atoms with Crippen LogP contribution in [0.15, 0.2) is 18.2 Å². The Kier molecular flexibility index (Phi) is 4.85. The number of nitrogens with one attached hydrogen (secondary N) is 1. The van der Waals surface area contributed by atoms with Gasteiger partial charge in [-0.05, 0) is 49.6 Å². The van der Waals surface area contributed by atoms with E-state index in [0.29, 0.717) is 0 Å². The summed E-state index contributed by atoms with van der Waals surface area (Å²) in [7, 11) is 0. The van der Waals surface area contributed by atoms with E-state index in [0.717, 1.165) is 24.9 Å². The summed E-state index contributed by atoms with van der Waals surface area (Å²) >= 11 is 0. The largest absolute Gasteiger partial charge is 0.369 e. The molecule has 0 spiro atoms. The van der Waals surface area contributed by atoms with Gasteiger partial charge in [0.15, 0.2) is 6.86 Å². The molecule has 3 nitrogen and oxygen atoms in total. The number of alkyl halides is 1. The van der Waals surface area contributed by atoms with Gasteiger partial charge in [-0.2, -0.15) is 0 Å². The Bertz CT molecular complexity index is 428. The van der Waals surface area contributed by atoms with E-state index in [-0.39, 0.29) is 24.1 Å². The van der Waals surface area contributed by atoms with Crippen molar-refractivity contribution in [2.75, 3.05) is 13.4 Å². The summed E-state index contributed by atoms with van der Waals surface area (Å²) in [5.74, 6) is -0.177. The van der Waals surface area contributed by atoms with Crippen molar-refractivity contribution in [1.29, 1.82) is 0 Å². The molecule has 2 heterocycles. The van der Waals surface area contributed by atoms with Crippen LogP contribution in [0.3, 0.4) is 0 Å². The van der Waals surface area contributed by atoms with Gasteiger partial charge in [-0.3, -0.25) is 0 Å². The first-order valence-electron chi connectivity index (χ1n) is 6.52. The van der Waals surface area contributed by atoms with Gasteiger partial charge in [0, 0.05) is 0 Å². The van der Waals surface area contributed by atoms with Crippen molar-refractivity contribution in [3.63, 3.8) is 0 Å². The summed E-state index contributed by atoms with van der Waals surface area (Å²) in [6.45, 7) is 1.78. The number of benzene rings is 1. The Morgan fingerprint density at radius 3 is 2.89 bits per heavy atom. The van der Waals surface area contributed by atoms with Gasteiger partial charge in [0.2, 0.25) is 0 Å². The fraction of sp³-hybridized carbons (Fsp3) is 0.571. The first-order valence-corrected chi connectivity index (χ1v) is 6.52. The molecular weight excluding hydrogens is 252 g/mol. The maximum absolute atomic E-state index is 13.2. The molecular formula is C14H19F2NO2. The van der Waals surface area contributed by atoms with Crippen LogP contribution in [0.5, 0.6) is 0 Å².